The van der Waals surface area contributed by atoms with E-state index in [9.17, 15) is 0 Å². The first-order chi connectivity index (χ1) is 3.12. The second-order valence-electron chi connectivity index (χ2n) is 2.39. The molecule has 0 aliphatic carbocycles. The molecule has 0 unspecified atom stereocenters. The van der Waals surface area contributed by atoms with Crippen molar-refractivity contribution in [3.8, 4) is 0 Å². The van der Waals surface area contributed by atoms with Gasteiger partial charge in [0, 0.05) is 0 Å². The summed E-state index contributed by atoms with van der Waals surface area (Å²) in [5.74, 6) is 0. The molecule has 0 spiro atoms. The minimum Gasteiger partial charge on any atom is -0.660 e. The molecule has 44 valence electrons. The van der Waals surface area contributed by atoms with Crippen LogP contribution in [0.2, 0.25) is 0 Å². The lowest BCUT2D eigenvalue weighted by Gasteiger charge is -2.35. The highest BCUT2D eigenvalue weighted by Crippen LogP contribution is 2.15. The van der Waals surface area contributed by atoms with E-state index in [-0.39, 0.29) is 5.54 Å². The van der Waals surface area contributed by atoms with E-state index in [1.807, 2.05) is 7.05 Å². The summed E-state index contributed by atoms with van der Waals surface area (Å²) in [4.78, 5) is 0. The monoisotopic (exact) mass is 100 g/mol. The van der Waals surface area contributed by atoms with Crippen LogP contribution in [0.25, 0.3) is 5.32 Å². The van der Waals surface area contributed by atoms with Crippen LogP contribution >= 0.6 is 0 Å². The van der Waals surface area contributed by atoms with Gasteiger partial charge in [0.25, 0.3) is 0 Å². The van der Waals surface area contributed by atoms with Crippen molar-refractivity contribution in [2.24, 2.45) is 0 Å². The summed E-state index contributed by atoms with van der Waals surface area (Å²) in [6.45, 7) is 6.41. The van der Waals surface area contributed by atoms with Crippen LogP contribution in [0.3, 0.4) is 0 Å². The number of hydrogen-bond acceptors (Lipinski definition) is 0. The zero-order valence-electron chi connectivity index (χ0n) is 5.65. The van der Waals surface area contributed by atoms with E-state index in [0.717, 1.165) is 6.42 Å². The average molecular weight is 100 g/mol. The topological polar surface area (TPSA) is 14.1 Å². The largest absolute Gasteiger partial charge is 0.660 e. The standard InChI is InChI=1S/C6H14N/c1-5-6(2,3)7-4/h5H2,1-4H3/q-1. The molecule has 0 aromatic carbocycles. The van der Waals surface area contributed by atoms with E-state index in [1.54, 1.807) is 0 Å². The van der Waals surface area contributed by atoms with Crippen LogP contribution in [0.15, 0.2) is 0 Å². The van der Waals surface area contributed by atoms with Crippen molar-refractivity contribution in [3.63, 3.8) is 0 Å². The van der Waals surface area contributed by atoms with Gasteiger partial charge in [-0.2, -0.15) is 7.05 Å². The molecule has 0 heterocycles. The first-order valence-corrected chi connectivity index (χ1v) is 2.73. The van der Waals surface area contributed by atoms with Gasteiger partial charge < -0.3 is 5.32 Å². The van der Waals surface area contributed by atoms with Gasteiger partial charge in [-0.15, -0.1) is 5.54 Å². The van der Waals surface area contributed by atoms with Gasteiger partial charge in [-0.1, -0.05) is 27.2 Å². The van der Waals surface area contributed by atoms with Crippen molar-refractivity contribution in [3.05, 3.63) is 5.32 Å². The Morgan fingerprint density at radius 2 is 1.86 bits per heavy atom. The normalized spacial score (nSPS) is 12.0. The summed E-state index contributed by atoms with van der Waals surface area (Å²) < 4.78 is 0. The predicted octanol–water partition coefficient (Wildman–Crippen LogP) is 2.18. The van der Waals surface area contributed by atoms with E-state index in [1.165, 1.54) is 0 Å². The molecule has 0 N–H and O–H groups in total. The highest BCUT2D eigenvalue weighted by atomic mass is 14.9. The molecular weight excluding hydrogens is 86.1 g/mol. The molecule has 1 nitrogen and oxygen atoms in total. The maximum Gasteiger partial charge on any atom is -0.0665 e. The lowest BCUT2D eigenvalue weighted by molar-refractivity contribution is 0.567. The minimum absolute atomic E-state index is 0.208. The van der Waals surface area contributed by atoms with Gasteiger partial charge in [-0.05, 0) is 0 Å². The van der Waals surface area contributed by atoms with Crippen LogP contribution < -0.4 is 0 Å². The third-order valence-corrected chi connectivity index (χ3v) is 1.47. The second-order valence-corrected chi connectivity index (χ2v) is 2.39. The van der Waals surface area contributed by atoms with Gasteiger partial charge in [0.2, 0.25) is 0 Å². The highest BCUT2D eigenvalue weighted by molar-refractivity contribution is 4.94. The second kappa shape index (κ2) is 2.31. The van der Waals surface area contributed by atoms with Crippen molar-refractivity contribution < 1.29 is 0 Å². The molecule has 1 heteroatoms. The Morgan fingerprint density at radius 3 is 1.86 bits per heavy atom. The van der Waals surface area contributed by atoms with Gasteiger partial charge in [-0.3, -0.25) is 0 Å². The molecule has 0 aromatic rings. The molecule has 0 atom stereocenters. The smallest absolute Gasteiger partial charge is 0.0665 e. The molecule has 0 aliphatic heterocycles. The number of nitrogens with zero attached hydrogens (tertiary/aromatic N) is 1. The van der Waals surface area contributed by atoms with Crippen LogP contribution in [0, 0.1) is 0 Å². The summed E-state index contributed by atoms with van der Waals surface area (Å²) in [5.41, 5.74) is 0.208. The van der Waals surface area contributed by atoms with Crippen molar-refractivity contribution in [2.75, 3.05) is 7.05 Å². The Hall–Kier alpha value is -0.0400. The fraction of sp³-hybridized carbons (Fsp3) is 1.00. The van der Waals surface area contributed by atoms with Gasteiger partial charge in [-0.25, -0.2) is 0 Å². The van der Waals surface area contributed by atoms with Gasteiger partial charge >= 0.3 is 0 Å². The van der Waals surface area contributed by atoms with E-state index in [0.29, 0.717) is 0 Å². The van der Waals surface area contributed by atoms with Crippen molar-refractivity contribution in [1.29, 1.82) is 0 Å². The zero-order chi connectivity index (χ0) is 5.91. The molecular formula is C6H14N-. The van der Waals surface area contributed by atoms with Crippen molar-refractivity contribution in [2.45, 2.75) is 32.7 Å². The lowest BCUT2D eigenvalue weighted by atomic mass is 10.0. The average Bonchev–Trinajstić information content (AvgIpc) is 1.68. The van der Waals surface area contributed by atoms with Gasteiger partial charge in [0.15, 0.2) is 0 Å². The molecule has 0 saturated carbocycles. The molecule has 0 saturated heterocycles. The SMILES string of the molecule is CCC(C)(C)[N-]C. The first kappa shape index (κ1) is 6.96. The molecule has 0 amide bonds. The molecule has 0 bridgehead atoms. The molecule has 0 rings (SSSR count). The fourth-order valence-electron chi connectivity index (χ4n) is 0.158. The maximum absolute atomic E-state index is 4.14. The van der Waals surface area contributed by atoms with Crippen LogP contribution in [0.5, 0.6) is 0 Å². The third-order valence-electron chi connectivity index (χ3n) is 1.47. The van der Waals surface area contributed by atoms with Gasteiger partial charge in [0.05, 0.1) is 0 Å². The molecule has 0 aromatic heterocycles. The fourth-order valence-corrected chi connectivity index (χ4v) is 0.158. The van der Waals surface area contributed by atoms with Crippen molar-refractivity contribution in [1.82, 2.24) is 0 Å². The predicted molar refractivity (Wildman–Crippen MR) is 33.7 cm³/mol. The maximum atomic E-state index is 4.14. The Balaban J connectivity index is 3.36. The first-order valence-electron chi connectivity index (χ1n) is 2.73. The summed E-state index contributed by atoms with van der Waals surface area (Å²) in [5, 5.41) is 4.14. The zero-order valence-corrected chi connectivity index (χ0v) is 5.65. The molecule has 0 aliphatic rings. The third kappa shape index (κ3) is 2.63. The lowest BCUT2D eigenvalue weighted by Crippen LogP contribution is -2.14. The Kier molecular flexibility index (Phi) is 2.30. The Labute approximate surface area is 46.1 Å². The molecule has 0 radical (unpaired) electrons. The molecule has 0 fully saturated rings. The number of hydrogen-bond donors (Lipinski definition) is 0. The van der Waals surface area contributed by atoms with Crippen LogP contribution in [0.1, 0.15) is 27.2 Å². The Bertz CT molecular complexity index is 42.1. The van der Waals surface area contributed by atoms with E-state index >= 15 is 0 Å². The highest BCUT2D eigenvalue weighted by Gasteiger charge is 1.97. The van der Waals surface area contributed by atoms with Crippen LogP contribution in [0.4, 0.5) is 0 Å². The van der Waals surface area contributed by atoms with E-state index in [4.69, 9.17) is 0 Å². The van der Waals surface area contributed by atoms with Crippen molar-refractivity contribution >= 4 is 0 Å². The summed E-state index contributed by atoms with van der Waals surface area (Å²) in [6.07, 6.45) is 1.13. The van der Waals surface area contributed by atoms with E-state index in [2.05, 4.69) is 26.1 Å². The van der Waals surface area contributed by atoms with Gasteiger partial charge in [0.1, 0.15) is 0 Å². The minimum atomic E-state index is 0.208. The summed E-state index contributed by atoms with van der Waals surface area (Å²) in [7, 11) is 1.86. The quantitative estimate of drug-likeness (QED) is 0.505. The summed E-state index contributed by atoms with van der Waals surface area (Å²) in [6, 6.07) is 0. The Morgan fingerprint density at radius 1 is 1.43 bits per heavy atom. The molecule has 7 heavy (non-hydrogen) atoms. The van der Waals surface area contributed by atoms with E-state index < -0.39 is 0 Å². The van der Waals surface area contributed by atoms with Crippen LogP contribution in [-0.2, 0) is 0 Å². The number of rotatable bonds is 2. The van der Waals surface area contributed by atoms with Crippen LogP contribution in [-0.4, -0.2) is 12.6 Å². The summed E-state index contributed by atoms with van der Waals surface area (Å²) >= 11 is 0.